The van der Waals surface area contributed by atoms with Gasteiger partial charge in [-0.15, -0.1) is 12.3 Å². The molecule has 1 aromatic carbocycles. The van der Waals surface area contributed by atoms with Gasteiger partial charge in [0.2, 0.25) is 10.0 Å². The Morgan fingerprint density at radius 3 is 2.76 bits per heavy atom. The van der Waals surface area contributed by atoms with Crippen molar-refractivity contribution in [3.63, 3.8) is 0 Å². The van der Waals surface area contributed by atoms with E-state index in [1.807, 2.05) is 0 Å². The molecule has 4 nitrogen and oxygen atoms in total. The van der Waals surface area contributed by atoms with E-state index in [-0.39, 0.29) is 15.7 Å². The highest BCUT2D eigenvalue weighted by atomic mass is 35.5. The van der Waals surface area contributed by atoms with Gasteiger partial charge in [0.1, 0.15) is 10.6 Å². The van der Waals surface area contributed by atoms with E-state index in [1.165, 1.54) is 18.2 Å². The third-order valence-electron chi connectivity index (χ3n) is 1.94. The molecule has 0 aliphatic heterocycles. The van der Waals surface area contributed by atoms with Crippen molar-refractivity contribution in [2.75, 3.05) is 6.61 Å². The Morgan fingerprint density at radius 1 is 1.47 bits per heavy atom. The molecule has 0 unspecified atom stereocenters. The first-order valence-corrected chi connectivity index (χ1v) is 6.76. The Hall–Kier alpha value is -1.22. The summed E-state index contributed by atoms with van der Waals surface area (Å²) in [6.45, 7) is 0.328. The van der Waals surface area contributed by atoms with E-state index < -0.39 is 10.0 Å². The molecule has 0 radical (unpaired) electrons. The summed E-state index contributed by atoms with van der Waals surface area (Å²) >= 11 is 5.70. The predicted octanol–water partition coefficient (Wildman–Crippen LogP) is 1.78. The number of hydrogen-bond acceptors (Lipinski definition) is 3. The van der Waals surface area contributed by atoms with E-state index in [4.69, 9.17) is 27.9 Å². The number of primary sulfonamides is 1. The lowest BCUT2D eigenvalue weighted by Crippen LogP contribution is -2.14. The van der Waals surface area contributed by atoms with Crippen molar-refractivity contribution in [2.45, 2.75) is 17.7 Å². The quantitative estimate of drug-likeness (QED) is 0.657. The smallest absolute Gasteiger partial charge is 0.241 e. The van der Waals surface area contributed by atoms with Crippen LogP contribution < -0.4 is 9.88 Å². The Labute approximate surface area is 106 Å². The molecule has 0 saturated carbocycles. The molecule has 0 bridgehead atoms. The molecule has 17 heavy (non-hydrogen) atoms. The Kier molecular flexibility index (Phi) is 4.82. The van der Waals surface area contributed by atoms with Gasteiger partial charge in [-0.25, -0.2) is 13.6 Å². The number of halogens is 1. The summed E-state index contributed by atoms with van der Waals surface area (Å²) in [5.74, 6) is 2.65. The molecule has 92 valence electrons. The maximum atomic E-state index is 11.3. The van der Waals surface area contributed by atoms with Crippen LogP contribution in [-0.2, 0) is 10.0 Å². The number of ether oxygens (including phenoxy) is 1. The molecule has 1 aromatic rings. The first kappa shape index (κ1) is 13.8. The molecule has 2 N–H and O–H groups in total. The van der Waals surface area contributed by atoms with E-state index in [0.29, 0.717) is 19.4 Å². The Bertz CT molecular complexity index is 534. The van der Waals surface area contributed by atoms with E-state index in [1.54, 1.807) is 0 Å². The molecule has 0 heterocycles. The second kappa shape index (κ2) is 5.92. The normalized spacial score (nSPS) is 10.9. The van der Waals surface area contributed by atoms with Crippen LogP contribution in [0.15, 0.2) is 23.1 Å². The van der Waals surface area contributed by atoms with Crippen LogP contribution in [0.3, 0.4) is 0 Å². The largest absolute Gasteiger partial charge is 0.492 e. The standard InChI is InChI=1S/C11H12ClNO3S/c1-2-3-4-7-16-10-6-5-9(12)8-11(10)17(13,14)15/h1,5-6,8H,3-4,7H2,(H2,13,14,15). The zero-order valence-electron chi connectivity index (χ0n) is 9.02. The third-order valence-corrected chi connectivity index (χ3v) is 3.10. The summed E-state index contributed by atoms with van der Waals surface area (Å²) in [6, 6.07) is 4.26. The van der Waals surface area contributed by atoms with Crippen molar-refractivity contribution in [2.24, 2.45) is 5.14 Å². The molecule has 0 saturated heterocycles. The van der Waals surface area contributed by atoms with Gasteiger partial charge < -0.3 is 4.74 Å². The average Bonchev–Trinajstić information content (AvgIpc) is 2.25. The molecular weight excluding hydrogens is 262 g/mol. The fourth-order valence-electron chi connectivity index (χ4n) is 1.18. The van der Waals surface area contributed by atoms with Crippen LogP contribution in [0, 0.1) is 12.3 Å². The molecular formula is C11H12ClNO3S. The lowest BCUT2D eigenvalue weighted by Gasteiger charge is -2.09. The van der Waals surface area contributed by atoms with Gasteiger partial charge in [-0.1, -0.05) is 11.6 Å². The zero-order valence-corrected chi connectivity index (χ0v) is 10.6. The van der Waals surface area contributed by atoms with Crippen LogP contribution in [0.5, 0.6) is 5.75 Å². The number of unbranched alkanes of at least 4 members (excludes halogenated alkanes) is 1. The van der Waals surface area contributed by atoms with Crippen LogP contribution >= 0.6 is 11.6 Å². The Morgan fingerprint density at radius 2 is 2.18 bits per heavy atom. The summed E-state index contributed by atoms with van der Waals surface area (Å²) in [7, 11) is -3.85. The maximum absolute atomic E-state index is 11.3. The minimum atomic E-state index is -3.85. The molecule has 0 aromatic heterocycles. The van der Waals surface area contributed by atoms with Crippen LogP contribution in [0.4, 0.5) is 0 Å². The van der Waals surface area contributed by atoms with Crippen molar-refractivity contribution in [1.82, 2.24) is 0 Å². The number of sulfonamides is 1. The highest BCUT2D eigenvalue weighted by Crippen LogP contribution is 2.26. The highest BCUT2D eigenvalue weighted by molar-refractivity contribution is 7.89. The number of nitrogens with two attached hydrogens (primary N) is 1. The number of benzene rings is 1. The number of terminal acetylenes is 1. The third kappa shape index (κ3) is 4.27. The van der Waals surface area contributed by atoms with Gasteiger partial charge in [-0.2, -0.15) is 0 Å². The molecule has 0 amide bonds. The van der Waals surface area contributed by atoms with Gasteiger partial charge in [0.25, 0.3) is 0 Å². The monoisotopic (exact) mass is 273 g/mol. The van der Waals surface area contributed by atoms with Crippen molar-refractivity contribution < 1.29 is 13.2 Å². The topological polar surface area (TPSA) is 69.4 Å². The van der Waals surface area contributed by atoms with E-state index >= 15 is 0 Å². The van der Waals surface area contributed by atoms with Crippen LogP contribution in [0.1, 0.15) is 12.8 Å². The summed E-state index contributed by atoms with van der Waals surface area (Å²) in [6.07, 6.45) is 6.30. The summed E-state index contributed by atoms with van der Waals surface area (Å²) in [5, 5.41) is 5.34. The van der Waals surface area contributed by atoms with Crippen molar-refractivity contribution in [3.05, 3.63) is 23.2 Å². The van der Waals surface area contributed by atoms with Gasteiger partial charge in [0, 0.05) is 11.4 Å². The lowest BCUT2D eigenvalue weighted by molar-refractivity contribution is 0.305. The number of rotatable bonds is 5. The van der Waals surface area contributed by atoms with Gasteiger partial charge in [-0.3, -0.25) is 0 Å². The first-order valence-electron chi connectivity index (χ1n) is 4.84. The lowest BCUT2D eigenvalue weighted by atomic mass is 10.3. The number of hydrogen-bond donors (Lipinski definition) is 1. The summed E-state index contributed by atoms with van der Waals surface area (Å²) < 4.78 is 27.9. The summed E-state index contributed by atoms with van der Waals surface area (Å²) in [5.41, 5.74) is 0. The van der Waals surface area contributed by atoms with E-state index in [9.17, 15) is 8.42 Å². The van der Waals surface area contributed by atoms with Crippen molar-refractivity contribution >= 4 is 21.6 Å². The van der Waals surface area contributed by atoms with Gasteiger partial charge >= 0.3 is 0 Å². The highest BCUT2D eigenvalue weighted by Gasteiger charge is 2.15. The second-order valence-electron chi connectivity index (χ2n) is 3.29. The molecule has 1 rings (SSSR count). The van der Waals surface area contributed by atoms with E-state index in [0.717, 1.165) is 0 Å². The Balaban J connectivity index is 2.89. The van der Waals surface area contributed by atoms with Crippen LogP contribution in [-0.4, -0.2) is 15.0 Å². The predicted molar refractivity (Wildman–Crippen MR) is 66.4 cm³/mol. The molecule has 0 aliphatic rings. The van der Waals surface area contributed by atoms with E-state index in [2.05, 4.69) is 5.92 Å². The van der Waals surface area contributed by atoms with Crippen LogP contribution in [0.25, 0.3) is 0 Å². The molecule has 6 heteroatoms. The van der Waals surface area contributed by atoms with Gasteiger partial charge in [0.05, 0.1) is 6.61 Å². The minimum absolute atomic E-state index is 0.120. The van der Waals surface area contributed by atoms with Crippen molar-refractivity contribution in [1.29, 1.82) is 0 Å². The molecule has 0 atom stereocenters. The van der Waals surface area contributed by atoms with Gasteiger partial charge in [0.15, 0.2) is 0 Å². The fourth-order valence-corrected chi connectivity index (χ4v) is 2.12. The maximum Gasteiger partial charge on any atom is 0.241 e. The molecule has 0 fully saturated rings. The minimum Gasteiger partial charge on any atom is -0.492 e. The second-order valence-corrected chi connectivity index (χ2v) is 5.26. The average molecular weight is 274 g/mol. The van der Waals surface area contributed by atoms with Crippen LogP contribution in [0.2, 0.25) is 5.02 Å². The zero-order chi connectivity index (χ0) is 12.9. The SMILES string of the molecule is C#CCCCOc1ccc(Cl)cc1S(N)(=O)=O. The molecule has 0 spiro atoms. The van der Waals surface area contributed by atoms with Crippen molar-refractivity contribution in [3.8, 4) is 18.1 Å². The first-order chi connectivity index (χ1) is 7.95. The fraction of sp³-hybridized carbons (Fsp3) is 0.273. The van der Waals surface area contributed by atoms with Gasteiger partial charge in [-0.05, 0) is 24.6 Å². The summed E-state index contributed by atoms with van der Waals surface area (Å²) in [4.78, 5) is -0.120. The molecule has 0 aliphatic carbocycles.